The maximum Gasteiger partial charge on any atom is 0.310 e. The number of hydrogen-bond donors (Lipinski definition) is 0. The van der Waals surface area contributed by atoms with Gasteiger partial charge in [0.25, 0.3) is 5.69 Å². The highest BCUT2D eigenvalue weighted by molar-refractivity contribution is 5.74. The second-order valence-corrected chi connectivity index (χ2v) is 3.00. The van der Waals surface area contributed by atoms with Gasteiger partial charge in [0.1, 0.15) is 5.75 Å². The Hall–Kier alpha value is -2.11. The topological polar surface area (TPSA) is 78.7 Å². The first-order chi connectivity index (χ1) is 7.58. The fourth-order valence-electron chi connectivity index (χ4n) is 1.22. The molecule has 0 aliphatic heterocycles. The van der Waals surface area contributed by atoms with Crippen LogP contribution in [0, 0.1) is 10.1 Å². The molecule has 0 aromatic heterocycles. The molecule has 1 aromatic carbocycles. The van der Waals surface area contributed by atoms with Crippen molar-refractivity contribution in [3.8, 4) is 5.75 Å². The van der Waals surface area contributed by atoms with E-state index in [9.17, 15) is 14.9 Å². The lowest BCUT2D eigenvalue weighted by Gasteiger charge is -2.04. The van der Waals surface area contributed by atoms with Gasteiger partial charge in [0.05, 0.1) is 31.6 Å². The summed E-state index contributed by atoms with van der Waals surface area (Å²) in [7, 11) is 2.65. The van der Waals surface area contributed by atoms with Gasteiger partial charge in [0.2, 0.25) is 0 Å². The van der Waals surface area contributed by atoms with E-state index >= 15 is 0 Å². The zero-order valence-corrected chi connectivity index (χ0v) is 8.93. The average Bonchev–Trinajstić information content (AvgIpc) is 2.29. The Balaban J connectivity index is 3.08. The number of rotatable bonds is 4. The lowest BCUT2D eigenvalue weighted by molar-refractivity contribution is -0.385. The molecule has 0 aliphatic carbocycles. The number of benzene rings is 1. The quantitative estimate of drug-likeness (QED) is 0.438. The molecule has 6 heteroatoms. The van der Waals surface area contributed by atoms with Crippen molar-refractivity contribution >= 4 is 11.7 Å². The SMILES string of the molecule is COC(=O)Cc1ccc(OC)cc1[N+](=O)[O-]. The molecular formula is C10H11NO5. The van der Waals surface area contributed by atoms with Crippen LogP contribution in [0.4, 0.5) is 5.69 Å². The Morgan fingerprint density at radius 2 is 2.12 bits per heavy atom. The van der Waals surface area contributed by atoms with Crippen molar-refractivity contribution in [2.45, 2.75) is 6.42 Å². The van der Waals surface area contributed by atoms with Crippen molar-refractivity contribution in [2.24, 2.45) is 0 Å². The Kier molecular flexibility index (Phi) is 3.82. The smallest absolute Gasteiger partial charge is 0.310 e. The zero-order valence-electron chi connectivity index (χ0n) is 8.93. The Morgan fingerprint density at radius 1 is 1.44 bits per heavy atom. The minimum Gasteiger partial charge on any atom is -0.497 e. The summed E-state index contributed by atoms with van der Waals surface area (Å²) in [5.74, 6) is -0.145. The number of esters is 1. The van der Waals surface area contributed by atoms with Gasteiger partial charge in [-0.1, -0.05) is 0 Å². The number of methoxy groups -OCH3 is 2. The summed E-state index contributed by atoms with van der Waals surface area (Å²) < 4.78 is 9.32. The molecule has 0 saturated carbocycles. The largest absolute Gasteiger partial charge is 0.497 e. The van der Waals surface area contributed by atoms with Crippen LogP contribution in [-0.4, -0.2) is 25.1 Å². The molecule has 1 rings (SSSR count). The van der Waals surface area contributed by atoms with Gasteiger partial charge < -0.3 is 9.47 Å². The molecule has 0 unspecified atom stereocenters. The van der Waals surface area contributed by atoms with Crippen LogP contribution in [0.15, 0.2) is 18.2 Å². The van der Waals surface area contributed by atoms with Gasteiger partial charge in [-0.25, -0.2) is 0 Å². The van der Waals surface area contributed by atoms with Gasteiger partial charge in [-0.3, -0.25) is 14.9 Å². The van der Waals surface area contributed by atoms with E-state index < -0.39 is 10.9 Å². The number of nitro groups is 1. The average molecular weight is 225 g/mol. The third kappa shape index (κ3) is 2.69. The highest BCUT2D eigenvalue weighted by Crippen LogP contribution is 2.25. The van der Waals surface area contributed by atoms with Crippen LogP contribution >= 0.6 is 0 Å². The van der Waals surface area contributed by atoms with Gasteiger partial charge in [-0.2, -0.15) is 0 Å². The zero-order chi connectivity index (χ0) is 12.1. The van der Waals surface area contributed by atoms with Crippen molar-refractivity contribution < 1.29 is 19.2 Å². The molecule has 0 N–H and O–H groups in total. The lowest BCUT2D eigenvalue weighted by atomic mass is 10.1. The number of nitrogens with zero attached hydrogens (tertiary/aromatic N) is 1. The van der Waals surface area contributed by atoms with E-state index in [1.54, 1.807) is 6.07 Å². The number of hydrogen-bond acceptors (Lipinski definition) is 5. The molecular weight excluding hydrogens is 214 g/mol. The summed E-state index contributed by atoms with van der Waals surface area (Å²) in [5, 5.41) is 10.8. The normalized spacial score (nSPS) is 9.62. The summed E-state index contributed by atoms with van der Waals surface area (Å²) in [6, 6.07) is 4.32. The minimum absolute atomic E-state index is 0.128. The van der Waals surface area contributed by atoms with Crippen LogP contribution in [0.2, 0.25) is 0 Å². The van der Waals surface area contributed by atoms with E-state index in [1.165, 1.54) is 26.4 Å². The van der Waals surface area contributed by atoms with Gasteiger partial charge in [0, 0.05) is 5.56 Å². The number of carbonyl (C=O) groups is 1. The van der Waals surface area contributed by atoms with Crippen LogP contribution < -0.4 is 4.74 Å². The Labute approximate surface area is 91.9 Å². The van der Waals surface area contributed by atoms with Crippen molar-refractivity contribution in [1.82, 2.24) is 0 Å². The number of nitro benzene ring substituents is 1. The van der Waals surface area contributed by atoms with Crippen LogP contribution in [0.1, 0.15) is 5.56 Å². The van der Waals surface area contributed by atoms with Crippen molar-refractivity contribution in [3.63, 3.8) is 0 Å². The summed E-state index contributed by atoms with van der Waals surface area (Å²) >= 11 is 0. The second-order valence-electron chi connectivity index (χ2n) is 3.00. The molecule has 86 valence electrons. The van der Waals surface area contributed by atoms with Crippen molar-refractivity contribution in [2.75, 3.05) is 14.2 Å². The van der Waals surface area contributed by atoms with Crippen LogP contribution in [0.5, 0.6) is 5.75 Å². The second kappa shape index (κ2) is 5.11. The van der Waals surface area contributed by atoms with Crippen LogP contribution in [0.25, 0.3) is 0 Å². The molecule has 0 fully saturated rings. The summed E-state index contributed by atoms with van der Waals surface area (Å²) in [5.41, 5.74) is 0.155. The highest BCUT2D eigenvalue weighted by atomic mass is 16.6. The first-order valence-corrected chi connectivity index (χ1v) is 4.46. The molecule has 0 bridgehead atoms. The molecule has 0 amide bonds. The molecule has 0 saturated heterocycles. The predicted octanol–water partition coefficient (Wildman–Crippen LogP) is 1.32. The van der Waals surface area contributed by atoms with Crippen LogP contribution in [-0.2, 0) is 16.0 Å². The van der Waals surface area contributed by atoms with E-state index in [0.29, 0.717) is 11.3 Å². The maximum absolute atomic E-state index is 11.0. The van der Waals surface area contributed by atoms with Gasteiger partial charge >= 0.3 is 5.97 Å². The predicted molar refractivity (Wildman–Crippen MR) is 55.4 cm³/mol. The van der Waals surface area contributed by atoms with Crippen molar-refractivity contribution in [1.29, 1.82) is 0 Å². The molecule has 0 aliphatic rings. The highest BCUT2D eigenvalue weighted by Gasteiger charge is 2.17. The van der Waals surface area contributed by atoms with Gasteiger partial charge in [-0.05, 0) is 12.1 Å². The van der Waals surface area contributed by atoms with E-state index in [2.05, 4.69) is 4.74 Å². The fourth-order valence-corrected chi connectivity index (χ4v) is 1.22. The van der Waals surface area contributed by atoms with E-state index in [0.717, 1.165) is 0 Å². The molecule has 6 nitrogen and oxygen atoms in total. The van der Waals surface area contributed by atoms with E-state index in [1.807, 2.05) is 0 Å². The van der Waals surface area contributed by atoms with Gasteiger partial charge in [0.15, 0.2) is 0 Å². The summed E-state index contributed by atoms with van der Waals surface area (Å²) in [6.07, 6.45) is -0.128. The summed E-state index contributed by atoms with van der Waals surface area (Å²) in [4.78, 5) is 21.2. The fraction of sp³-hybridized carbons (Fsp3) is 0.300. The lowest BCUT2D eigenvalue weighted by Crippen LogP contribution is -2.06. The first kappa shape index (κ1) is 12.0. The molecule has 0 radical (unpaired) electrons. The molecule has 0 atom stereocenters. The standard InChI is InChI=1S/C10H11NO5/c1-15-8-4-3-7(5-10(12)16-2)9(6-8)11(13)14/h3-4,6H,5H2,1-2H3. The molecule has 0 spiro atoms. The van der Waals surface area contributed by atoms with Gasteiger partial charge in [-0.15, -0.1) is 0 Å². The third-order valence-electron chi connectivity index (χ3n) is 2.05. The van der Waals surface area contributed by atoms with E-state index in [4.69, 9.17) is 4.74 Å². The Bertz CT molecular complexity index is 416. The number of ether oxygens (including phenoxy) is 2. The first-order valence-electron chi connectivity index (χ1n) is 4.46. The molecule has 16 heavy (non-hydrogen) atoms. The number of carbonyl (C=O) groups excluding carboxylic acids is 1. The van der Waals surface area contributed by atoms with Crippen molar-refractivity contribution in [3.05, 3.63) is 33.9 Å². The monoisotopic (exact) mass is 225 g/mol. The molecule has 0 heterocycles. The summed E-state index contributed by atoms with van der Waals surface area (Å²) in [6.45, 7) is 0. The van der Waals surface area contributed by atoms with E-state index in [-0.39, 0.29) is 12.1 Å². The minimum atomic E-state index is -0.555. The maximum atomic E-state index is 11.0. The third-order valence-corrected chi connectivity index (χ3v) is 2.05. The Morgan fingerprint density at radius 3 is 2.62 bits per heavy atom. The molecule has 1 aromatic rings. The van der Waals surface area contributed by atoms with Crippen LogP contribution in [0.3, 0.4) is 0 Å².